The fourth-order valence-corrected chi connectivity index (χ4v) is 1.17. The largest absolute Gasteiger partial charge is 0.388 e. The maximum Gasteiger partial charge on any atom is 0.275 e. The molecule has 0 spiro atoms. The molecule has 70 valence electrons. The number of hydrogen-bond acceptors (Lipinski definition) is 3. The second kappa shape index (κ2) is 3.53. The summed E-state index contributed by atoms with van der Waals surface area (Å²) >= 11 is 0. The zero-order valence-corrected chi connectivity index (χ0v) is 7.52. The number of aliphatic hydroxyl groups excluding tert-OH is 1. The average Bonchev–Trinajstić information content (AvgIpc) is 2.03. The first-order valence-corrected chi connectivity index (χ1v) is 3.95. The van der Waals surface area contributed by atoms with Gasteiger partial charge in [0.15, 0.2) is 0 Å². The summed E-state index contributed by atoms with van der Waals surface area (Å²) in [5, 5.41) is 19.8. The van der Waals surface area contributed by atoms with Crippen molar-refractivity contribution in [2.24, 2.45) is 0 Å². The van der Waals surface area contributed by atoms with Crippen LogP contribution in [0.4, 0.5) is 5.69 Å². The molecule has 13 heavy (non-hydrogen) atoms. The van der Waals surface area contributed by atoms with Crippen LogP contribution < -0.4 is 0 Å². The number of benzene rings is 1. The van der Waals surface area contributed by atoms with Crippen molar-refractivity contribution in [1.29, 1.82) is 0 Å². The van der Waals surface area contributed by atoms with Gasteiger partial charge in [0.25, 0.3) is 5.69 Å². The molecular weight excluding hydrogens is 170 g/mol. The van der Waals surface area contributed by atoms with E-state index in [1.165, 1.54) is 13.0 Å². The van der Waals surface area contributed by atoms with Gasteiger partial charge in [-0.3, -0.25) is 10.1 Å². The topological polar surface area (TPSA) is 63.4 Å². The van der Waals surface area contributed by atoms with Crippen molar-refractivity contribution < 1.29 is 10.0 Å². The zero-order chi connectivity index (χ0) is 10.0. The third-order valence-electron chi connectivity index (χ3n) is 1.83. The summed E-state index contributed by atoms with van der Waals surface area (Å²) in [6, 6.07) is 4.79. The van der Waals surface area contributed by atoms with Crippen molar-refractivity contribution in [2.75, 3.05) is 0 Å². The van der Waals surface area contributed by atoms with E-state index in [4.69, 9.17) is 0 Å². The molecule has 1 atom stereocenters. The quantitative estimate of drug-likeness (QED) is 0.560. The van der Waals surface area contributed by atoms with Gasteiger partial charge in [-0.05, 0) is 25.5 Å². The Morgan fingerprint density at radius 1 is 1.54 bits per heavy atom. The molecule has 1 aromatic rings. The van der Waals surface area contributed by atoms with E-state index in [0.29, 0.717) is 5.56 Å². The second-order valence-electron chi connectivity index (χ2n) is 3.00. The van der Waals surface area contributed by atoms with Crippen molar-refractivity contribution in [3.8, 4) is 0 Å². The maximum atomic E-state index is 10.6. The second-order valence-corrected chi connectivity index (χ2v) is 3.00. The lowest BCUT2D eigenvalue weighted by molar-refractivity contribution is -0.386. The minimum Gasteiger partial charge on any atom is -0.388 e. The van der Waals surface area contributed by atoms with E-state index in [9.17, 15) is 15.2 Å². The first kappa shape index (κ1) is 9.67. The minimum absolute atomic E-state index is 0.0185. The number of nitrogens with zero attached hydrogens (tertiary/aromatic N) is 1. The molecule has 0 aromatic heterocycles. The van der Waals surface area contributed by atoms with Gasteiger partial charge >= 0.3 is 0 Å². The van der Waals surface area contributed by atoms with Crippen molar-refractivity contribution in [1.82, 2.24) is 0 Å². The Bertz CT molecular complexity index is 334. The maximum absolute atomic E-state index is 10.6. The van der Waals surface area contributed by atoms with Gasteiger partial charge in [0.05, 0.1) is 16.6 Å². The van der Waals surface area contributed by atoms with Crippen LogP contribution >= 0.6 is 0 Å². The van der Waals surface area contributed by atoms with Crippen molar-refractivity contribution in [3.63, 3.8) is 0 Å². The van der Waals surface area contributed by atoms with Crippen LogP contribution in [0.25, 0.3) is 0 Å². The molecule has 0 unspecified atom stereocenters. The van der Waals surface area contributed by atoms with E-state index in [2.05, 4.69) is 0 Å². The molecule has 1 aromatic carbocycles. The smallest absolute Gasteiger partial charge is 0.275 e. The Labute approximate surface area is 76.0 Å². The summed E-state index contributed by atoms with van der Waals surface area (Å²) < 4.78 is 0. The molecule has 0 saturated heterocycles. The summed E-state index contributed by atoms with van der Waals surface area (Å²) in [4.78, 5) is 10.1. The molecule has 4 nitrogen and oxygen atoms in total. The normalized spacial score (nSPS) is 12.5. The van der Waals surface area contributed by atoms with Crippen LogP contribution in [0.2, 0.25) is 0 Å². The van der Waals surface area contributed by atoms with Gasteiger partial charge in [0.1, 0.15) is 0 Å². The molecule has 0 saturated carbocycles. The monoisotopic (exact) mass is 181 g/mol. The molecule has 0 aliphatic heterocycles. The van der Waals surface area contributed by atoms with Gasteiger partial charge < -0.3 is 5.11 Å². The average molecular weight is 181 g/mol. The molecule has 0 fully saturated rings. The summed E-state index contributed by atoms with van der Waals surface area (Å²) in [5.41, 5.74) is 1.15. The van der Waals surface area contributed by atoms with Gasteiger partial charge in [-0.2, -0.15) is 0 Å². The predicted octanol–water partition coefficient (Wildman–Crippen LogP) is 1.96. The van der Waals surface area contributed by atoms with Gasteiger partial charge in [-0.25, -0.2) is 0 Å². The van der Waals surface area contributed by atoms with E-state index in [1.54, 1.807) is 19.1 Å². The van der Waals surface area contributed by atoms with Crippen LogP contribution in [0.15, 0.2) is 18.2 Å². The Morgan fingerprint density at radius 3 is 2.62 bits per heavy atom. The van der Waals surface area contributed by atoms with E-state index in [1.807, 2.05) is 0 Å². The van der Waals surface area contributed by atoms with E-state index in [-0.39, 0.29) is 5.69 Å². The number of nitro benzene ring substituents is 1. The van der Waals surface area contributed by atoms with Gasteiger partial charge in [0, 0.05) is 6.07 Å². The SMILES string of the molecule is Cc1ccc([C@H](C)O)c([N+](=O)[O-])c1. The number of rotatable bonds is 2. The van der Waals surface area contributed by atoms with Crippen molar-refractivity contribution >= 4 is 5.69 Å². The fraction of sp³-hybridized carbons (Fsp3) is 0.333. The number of nitro groups is 1. The first-order valence-electron chi connectivity index (χ1n) is 3.95. The van der Waals surface area contributed by atoms with Gasteiger partial charge in [0.2, 0.25) is 0 Å². The van der Waals surface area contributed by atoms with E-state index >= 15 is 0 Å². The van der Waals surface area contributed by atoms with Crippen LogP contribution in [0.5, 0.6) is 0 Å². The lowest BCUT2D eigenvalue weighted by Gasteiger charge is -2.05. The van der Waals surface area contributed by atoms with Crippen LogP contribution in [-0.4, -0.2) is 10.0 Å². The zero-order valence-electron chi connectivity index (χ0n) is 7.52. The van der Waals surface area contributed by atoms with Crippen LogP contribution in [0.3, 0.4) is 0 Å². The Kier molecular flexibility index (Phi) is 2.63. The van der Waals surface area contributed by atoms with E-state index in [0.717, 1.165) is 5.56 Å². The van der Waals surface area contributed by atoms with E-state index < -0.39 is 11.0 Å². The van der Waals surface area contributed by atoms with Gasteiger partial charge in [-0.1, -0.05) is 6.07 Å². The van der Waals surface area contributed by atoms with Crippen LogP contribution in [0.1, 0.15) is 24.2 Å². The van der Waals surface area contributed by atoms with Crippen molar-refractivity contribution in [3.05, 3.63) is 39.4 Å². The van der Waals surface area contributed by atoms with Gasteiger partial charge in [-0.15, -0.1) is 0 Å². The summed E-state index contributed by atoms with van der Waals surface area (Å²) in [5.74, 6) is 0. The van der Waals surface area contributed by atoms with Crippen LogP contribution in [0, 0.1) is 17.0 Å². The summed E-state index contributed by atoms with van der Waals surface area (Å²) in [7, 11) is 0. The molecule has 0 radical (unpaired) electrons. The molecule has 0 aliphatic rings. The third-order valence-corrected chi connectivity index (χ3v) is 1.83. The molecule has 0 heterocycles. The molecular formula is C9H11NO3. The minimum atomic E-state index is -0.805. The summed E-state index contributed by atoms with van der Waals surface area (Å²) in [6.45, 7) is 3.29. The number of hydrogen-bond donors (Lipinski definition) is 1. The number of aryl methyl sites for hydroxylation is 1. The Morgan fingerprint density at radius 2 is 2.15 bits per heavy atom. The highest BCUT2D eigenvalue weighted by Crippen LogP contribution is 2.25. The lowest BCUT2D eigenvalue weighted by Crippen LogP contribution is -1.99. The molecule has 0 aliphatic carbocycles. The predicted molar refractivity (Wildman–Crippen MR) is 48.5 cm³/mol. The highest BCUT2D eigenvalue weighted by atomic mass is 16.6. The molecule has 1 rings (SSSR count). The summed E-state index contributed by atoms with van der Waals surface area (Å²) in [6.07, 6.45) is -0.805. The lowest BCUT2D eigenvalue weighted by atomic mass is 10.1. The molecule has 4 heteroatoms. The first-order chi connectivity index (χ1) is 6.02. The van der Waals surface area contributed by atoms with Crippen LogP contribution in [-0.2, 0) is 0 Å². The van der Waals surface area contributed by atoms with Crippen molar-refractivity contribution in [2.45, 2.75) is 20.0 Å². The highest BCUT2D eigenvalue weighted by Gasteiger charge is 2.16. The standard InChI is InChI=1S/C9H11NO3/c1-6-3-4-8(7(2)11)9(5-6)10(12)13/h3-5,7,11H,1-2H3/t7-/m0/s1. The highest BCUT2D eigenvalue weighted by molar-refractivity contribution is 5.44. The Balaban J connectivity index is 3.27. The molecule has 0 bridgehead atoms. The molecule has 0 amide bonds. The Hall–Kier alpha value is -1.42. The third kappa shape index (κ3) is 2.03. The molecule has 1 N–H and O–H groups in total. The number of aliphatic hydroxyl groups is 1. The fourth-order valence-electron chi connectivity index (χ4n) is 1.17.